The Bertz CT molecular complexity index is 581. The van der Waals surface area contributed by atoms with Crippen LogP contribution in [0.1, 0.15) is 34.9 Å². The highest BCUT2D eigenvalue weighted by Gasteiger charge is 2.13. The monoisotopic (exact) mass is 279 g/mol. The van der Waals surface area contributed by atoms with E-state index >= 15 is 0 Å². The van der Waals surface area contributed by atoms with Gasteiger partial charge in [-0.05, 0) is 24.6 Å². The van der Waals surface area contributed by atoms with Gasteiger partial charge < -0.3 is 15.5 Å². The third kappa shape index (κ3) is 3.56. The van der Waals surface area contributed by atoms with E-state index in [-0.39, 0.29) is 17.6 Å². The number of rotatable bonds is 4. The molecule has 1 amide bonds. The van der Waals surface area contributed by atoms with E-state index in [9.17, 15) is 4.79 Å². The van der Waals surface area contributed by atoms with Gasteiger partial charge in [0, 0.05) is 11.6 Å². The summed E-state index contributed by atoms with van der Waals surface area (Å²) in [5.41, 5.74) is 6.74. The number of halogens is 1. The van der Waals surface area contributed by atoms with Crippen LogP contribution in [0.5, 0.6) is 0 Å². The average Bonchev–Trinajstić information content (AvgIpc) is 2.86. The van der Waals surface area contributed by atoms with E-state index in [1.807, 2.05) is 12.1 Å². The van der Waals surface area contributed by atoms with Crippen molar-refractivity contribution in [2.24, 2.45) is 5.73 Å². The summed E-state index contributed by atoms with van der Waals surface area (Å²) in [5.74, 6) is 0.0310. The molecule has 0 spiro atoms. The second kappa shape index (κ2) is 5.86. The molecule has 5 nitrogen and oxygen atoms in total. The van der Waals surface area contributed by atoms with Crippen molar-refractivity contribution in [3.63, 3.8) is 0 Å². The second-order valence-corrected chi connectivity index (χ2v) is 4.61. The first-order chi connectivity index (χ1) is 9.06. The summed E-state index contributed by atoms with van der Waals surface area (Å²) in [7, 11) is 0. The fourth-order valence-electron chi connectivity index (χ4n) is 1.52. The number of nitrogens with zero attached hydrogens (tertiary/aromatic N) is 1. The van der Waals surface area contributed by atoms with E-state index in [4.69, 9.17) is 21.8 Å². The lowest BCUT2D eigenvalue weighted by Gasteiger charge is -2.03. The molecule has 1 atom stereocenters. The molecule has 1 aromatic heterocycles. The highest BCUT2D eigenvalue weighted by Crippen LogP contribution is 2.11. The van der Waals surface area contributed by atoms with E-state index in [2.05, 4.69) is 10.3 Å². The SMILES string of the molecule is CC(N)c1nc(C(=O)NCc2cccc(Cl)c2)co1. The summed E-state index contributed by atoms with van der Waals surface area (Å²) in [6.07, 6.45) is 1.30. The molecule has 2 aromatic rings. The van der Waals surface area contributed by atoms with Gasteiger partial charge >= 0.3 is 0 Å². The van der Waals surface area contributed by atoms with Crippen molar-refractivity contribution < 1.29 is 9.21 Å². The Kier molecular flexibility index (Phi) is 4.19. The van der Waals surface area contributed by atoms with Crippen molar-refractivity contribution in [2.75, 3.05) is 0 Å². The van der Waals surface area contributed by atoms with Gasteiger partial charge in [0.25, 0.3) is 5.91 Å². The second-order valence-electron chi connectivity index (χ2n) is 4.17. The first-order valence-electron chi connectivity index (χ1n) is 5.80. The summed E-state index contributed by atoms with van der Waals surface area (Å²) in [4.78, 5) is 15.8. The molecule has 1 heterocycles. The summed E-state index contributed by atoms with van der Waals surface area (Å²) >= 11 is 5.86. The number of hydrogen-bond donors (Lipinski definition) is 2. The van der Waals surface area contributed by atoms with Crippen LogP contribution in [-0.2, 0) is 6.54 Å². The Labute approximate surface area is 115 Å². The highest BCUT2D eigenvalue weighted by molar-refractivity contribution is 6.30. The number of carbonyl (C=O) groups is 1. The van der Waals surface area contributed by atoms with Gasteiger partial charge in [0.05, 0.1) is 6.04 Å². The molecule has 0 fully saturated rings. The third-order valence-corrected chi connectivity index (χ3v) is 2.72. The average molecular weight is 280 g/mol. The molecular weight excluding hydrogens is 266 g/mol. The Morgan fingerprint density at radius 1 is 1.58 bits per heavy atom. The number of hydrogen-bond acceptors (Lipinski definition) is 4. The Hall–Kier alpha value is -1.85. The topological polar surface area (TPSA) is 81.1 Å². The van der Waals surface area contributed by atoms with Gasteiger partial charge in [-0.15, -0.1) is 0 Å². The highest BCUT2D eigenvalue weighted by atomic mass is 35.5. The molecule has 6 heteroatoms. The molecule has 0 aliphatic rings. The molecule has 0 aliphatic carbocycles. The predicted molar refractivity (Wildman–Crippen MR) is 71.7 cm³/mol. The standard InChI is InChI=1S/C13H14ClN3O2/c1-8(15)13-17-11(7-19-13)12(18)16-6-9-3-2-4-10(14)5-9/h2-5,7-8H,6,15H2,1H3,(H,16,18). The van der Waals surface area contributed by atoms with Crippen LogP contribution in [0.15, 0.2) is 34.9 Å². The van der Waals surface area contributed by atoms with Crippen LogP contribution in [0.2, 0.25) is 5.02 Å². The summed E-state index contributed by atoms with van der Waals surface area (Å²) in [6, 6.07) is 6.93. The number of benzene rings is 1. The molecule has 3 N–H and O–H groups in total. The minimum absolute atomic E-state index is 0.217. The van der Waals surface area contributed by atoms with Gasteiger partial charge in [-0.2, -0.15) is 0 Å². The van der Waals surface area contributed by atoms with Crippen molar-refractivity contribution in [3.05, 3.63) is 52.7 Å². The maximum Gasteiger partial charge on any atom is 0.273 e. The van der Waals surface area contributed by atoms with E-state index < -0.39 is 0 Å². The zero-order chi connectivity index (χ0) is 13.8. The first-order valence-corrected chi connectivity index (χ1v) is 6.17. The lowest BCUT2D eigenvalue weighted by molar-refractivity contribution is 0.0946. The van der Waals surface area contributed by atoms with Crippen LogP contribution in [0, 0.1) is 0 Å². The van der Waals surface area contributed by atoms with Gasteiger partial charge in [0.2, 0.25) is 5.89 Å². The molecule has 19 heavy (non-hydrogen) atoms. The summed E-state index contributed by atoms with van der Waals surface area (Å²) in [6.45, 7) is 2.11. The molecular formula is C13H14ClN3O2. The maximum atomic E-state index is 11.8. The summed E-state index contributed by atoms with van der Waals surface area (Å²) < 4.78 is 5.10. The van der Waals surface area contributed by atoms with Crippen LogP contribution in [-0.4, -0.2) is 10.9 Å². The lowest BCUT2D eigenvalue weighted by Crippen LogP contribution is -2.23. The smallest absolute Gasteiger partial charge is 0.273 e. The van der Waals surface area contributed by atoms with Gasteiger partial charge in [-0.3, -0.25) is 4.79 Å². The number of nitrogens with two attached hydrogens (primary N) is 1. The van der Waals surface area contributed by atoms with Crippen molar-refractivity contribution >= 4 is 17.5 Å². The van der Waals surface area contributed by atoms with Crippen molar-refractivity contribution in [1.82, 2.24) is 10.3 Å². The van der Waals surface area contributed by atoms with Crippen LogP contribution in [0.3, 0.4) is 0 Å². The number of nitrogens with one attached hydrogen (secondary N) is 1. The number of carbonyl (C=O) groups excluding carboxylic acids is 1. The van der Waals surface area contributed by atoms with Gasteiger partial charge in [0.1, 0.15) is 6.26 Å². The van der Waals surface area contributed by atoms with E-state index in [1.54, 1.807) is 19.1 Å². The van der Waals surface area contributed by atoms with Crippen molar-refractivity contribution in [2.45, 2.75) is 19.5 Å². The van der Waals surface area contributed by atoms with Crippen LogP contribution < -0.4 is 11.1 Å². The van der Waals surface area contributed by atoms with Gasteiger partial charge in [-0.1, -0.05) is 23.7 Å². The number of aromatic nitrogens is 1. The van der Waals surface area contributed by atoms with Crippen molar-refractivity contribution in [1.29, 1.82) is 0 Å². The Balaban J connectivity index is 1.97. The minimum Gasteiger partial charge on any atom is -0.446 e. The molecule has 0 bridgehead atoms. The van der Waals surface area contributed by atoms with Gasteiger partial charge in [-0.25, -0.2) is 4.98 Å². The van der Waals surface area contributed by atoms with E-state index in [1.165, 1.54) is 6.26 Å². The lowest BCUT2D eigenvalue weighted by atomic mass is 10.2. The molecule has 100 valence electrons. The maximum absolute atomic E-state index is 11.8. The quantitative estimate of drug-likeness (QED) is 0.900. The molecule has 0 radical (unpaired) electrons. The normalized spacial score (nSPS) is 12.2. The minimum atomic E-state index is -0.338. The zero-order valence-electron chi connectivity index (χ0n) is 10.4. The van der Waals surface area contributed by atoms with Gasteiger partial charge in [0.15, 0.2) is 5.69 Å². The molecule has 0 saturated heterocycles. The van der Waals surface area contributed by atoms with E-state index in [0.29, 0.717) is 17.5 Å². The predicted octanol–water partition coefficient (Wildman–Crippen LogP) is 2.28. The molecule has 1 unspecified atom stereocenters. The summed E-state index contributed by atoms with van der Waals surface area (Å²) in [5, 5.41) is 3.37. The van der Waals surface area contributed by atoms with Crippen LogP contribution >= 0.6 is 11.6 Å². The molecule has 2 rings (SSSR count). The molecule has 1 aromatic carbocycles. The van der Waals surface area contributed by atoms with Crippen molar-refractivity contribution in [3.8, 4) is 0 Å². The number of oxazole rings is 1. The zero-order valence-corrected chi connectivity index (χ0v) is 11.1. The largest absolute Gasteiger partial charge is 0.446 e. The molecule has 0 aliphatic heterocycles. The Morgan fingerprint density at radius 3 is 3.00 bits per heavy atom. The van der Waals surface area contributed by atoms with Crippen LogP contribution in [0.4, 0.5) is 0 Å². The fourth-order valence-corrected chi connectivity index (χ4v) is 1.73. The van der Waals surface area contributed by atoms with E-state index in [0.717, 1.165) is 5.56 Å². The Morgan fingerprint density at radius 2 is 2.37 bits per heavy atom. The number of amides is 1. The molecule has 0 saturated carbocycles. The first kappa shape index (κ1) is 13.6. The third-order valence-electron chi connectivity index (χ3n) is 2.49. The van der Waals surface area contributed by atoms with Crippen LogP contribution in [0.25, 0.3) is 0 Å². The fraction of sp³-hybridized carbons (Fsp3) is 0.231.